The van der Waals surface area contributed by atoms with E-state index >= 15 is 0 Å². The Morgan fingerprint density at radius 1 is 1.22 bits per heavy atom. The molecule has 0 spiro atoms. The van der Waals surface area contributed by atoms with E-state index in [1.54, 1.807) is 6.92 Å². The molecule has 2 amide bonds. The Labute approximate surface area is 138 Å². The second-order valence-electron chi connectivity index (χ2n) is 4.64. The van der Waals surface area contributed by atoms with Crippen LogP contribution in [0.2, 0.25) is 0 Å². The van der Waals surface area contributed by atoms with Crippen LogP contribution in [-0.2, 0) is 10.0 Å². The minimum absolute atomic E-state index is 0.0740. The molecule has 1 aromatic heterocycles. The first kappa shape index (κ1) is 17.2. The summed E-state index contributed by atoms with van der Waals surface area (Å²) in [6.45, 7) is 4.26. The lowest BCUT2D eigenvalue weighted by atomic mass is 10.3. The average Bonchev–Trinajstić information content (AvgIpc) is 2.90. The van der Waals surface area contributed by atoms with Crippen molar-refractivity contribution < 1.29 is 13.2 Å². The molecule has 0 saturated heterocycles. The van der Waals surface area contributed by atoms with Gasteiger partial charge in [0.25, 0.3) is 10.0 Å². The van der Waals surface area contributed by atoms with E-state index in [1.807, 2.05) is 6.92 Å². The molecule has 23 heavy (non-hydrogen) atoms. The lowest BCUT2D eigenvalue weighted by Crippen LogP contribution is -2.29. The van der Waals surface area contributed by atoms with Crippen LogP contribution in [0.25, 0.3) is 0 Å². The van der Waals surface area contributed by atoms with Gasteiger partial charge in [0.2, 0.25) is 5.13 Å². The molecular formula is C13H17N5O3S2. The standard InChI is InChI=1S/C13H17N5O3S2/c1-3-8-14-12(19)15-10-4-6-11(7-5-10)23(20,21)18-13-17-16-9(2)22-13/h4-7H,3,8H2,1-2H3,(H,17,18)(H2,14,15,19). The van der Waals surface area contributed by atoms with Crippen LogP contribution in [0.15, 0.2) is 29.2 Å². The fourth-order valence-electron chi connectivity index (χ4n) is 1.64. The maximum Gasteiger partial charge on any atom is 0.319 e. The first-order valence-electron chi connectivity index (χ1n) is 6.88. The molecule has 0 saturated carbocycles. The second-order valence-corrected chi connectivity index (χ2v) is 7.50. The number of benzene rings is 1. The highest BCUT2D eigenvalue weighted by Crippen LogP contribution is 2.20. The van der Waals surface area contributed by atoms with E-state index in [-0.39, 0.29) is 16.1 Å². The maximum absolute atomic E-state index is 12.2. The molecule has 0 aliphatic heterocycles. The molecule has 124 valence electrons. The van der Waals surface area contributed by atoms with Crippen molar-refractivity contribution in [2.24, 2.45) is 0 Å². The van der Waals surface area contributed by atoms with Crippen LogP contribution >= 0.6 is 11.3 Å². The van der Waals surface area contributed by atoms with Crippen molar-refractivity contribution in [2.75, 3.05) is 16.6 Å². The number of hydrogen-bond acceptors (Lipinski definition) is 6. The quantitative estimate of drug-likeness (QED) is 0.735. The first-order chi connectivity index (χ1) is 10.9. The van der Waals surface area contributed by atoms with Gasteiger partial charge in [0.15, 0.2) is 0 Å². The molecule has 0 bridgehead atoms. The Kier molecular flexibility index (Phi) is 5.50. The summed E-state index contributed by atoms with van der Waals surface area (Å²) in [6.07, 6.45) is 0.835. The van der Waals surface area contributed by atoms with Crippen molar-refractivity contribution in [1.29, 1.82) is 0 Å². The summed E-state index contributed by atoms with van der Waals surface area (Å²) in [5.74, 6) is 0. The minimum atomic E-state index is -3.73. The number of nitrogens with zero attached hydrogens (tertiary/aromatic N) is 2. The number of aryl methyl sites for hydroxylation is 1. The van der Waals surface area contributed by atoms with Gasteiger partial charge >= 0.3 is 6.03 Å². The van der Waals surface area contributed by atoms with Crippen molar-refractivity contribution in [3.8, 4) is 0 Å². The van der Waals surface area contributed by atoms with Gasteiger partial charge in [0, 0.05) is 12.2 Å². The minimum Gasteiger partial charge on any atom is -0.338 e. The predicted octanol–water partition coefficient (Wildman–Crippen LogP) is 2.18. The van der Waals surface area contributed by atoms with E-state index in [0.29, 0.717) is 17.2 Å². The third-order valence-corrected chi connectivity index (χ3v) is 4.94. The summed E-state index contributed by atoms with van der Waals surface area (Å²) < 4.78 is 26.8. The normalized spacial score (nSPS) is 11.0. The van der Waals surface area contributed by atoms with E-state index in [4.69, 9.17) is 0 Å². The summed E-state index contributed by atoms with van der Waals surface area (Å²) in [6, 6.07) is 5.53. The third-order valence-electron chi connectivity index (χ3n) is 2.71. The summed E-state index contributed by atoms with van der Waals surface area (Å²) >= 11 is 1.15. The molecule has 1 heterocycles. The van der Waals surface area contributed by atoms with Gasteiger partial charge in [-0.15, -0.1) is 10.2 Å². The van der Waals surface area contributed by atoms with Gasteiger partial charge in [-0.1, -0.05) is 18.3 Å². The number of urea groups is 1. The highest BCUT2D eigenvalue weighted by atomic mass is 32.2. The molecule has 0 fully saturated rings. The summed E-state index contributed by atoms with van der Waals surface area (Å²) in [4.78, 5) is 11.6. The van der Waals surface area contributed by atoms with Crippen LogP contribution in [0.5, 0.6) is 0 Å². The fraction of sp³-hybridized carbons (Fsp3) is 0.308. The van der Waals surface area contributed by atoms with Gasteiger partial charge in [-0.3, -0.25) is 4.72 Å². The number of hydrogen-bond donors (Lipinski definition) is 3. The molecule has 10 heteroatoms. The largest absolute Gasteiger partial charge is 0.338 e. The summed E-state index contributed by atoms with van der Waals surface area (Å²) in [7, 11) is -3.73. The molecule has 3 N–H and O–H groups in total. The number of anilines is 2. The van der Waals surface area contributed by atoms with Crippen LogP contribution in [0, 0.1) is 6.92 Å². The number of aromatic nitrogens is 2. The van der Waals surface area contributed by atoms with Crippen molar-refractivity contribution in [3.05, 3.63) is 29.3 Å². The molecule has 0 unspecified atom stereocenters. The van der Waals surface area contributed by atoms with Gasteiger partial charge in [0.1, 0.15) is 5.01 Å². The molecule has 1 aromatic carbocycles. The van der Waals surface area contributed by atoms with Crippen molar-refractivity contribution in [3.63, 3.8) is 0 Å². The van der Waals surface area contributed by atoms with Gasteiger partial charge in [-0.2, -0.15) is 0 Å². The molecule has 0 atom stereocenters. The Morgan fingerprint density at radius 3 is 2.48 bits per heavy atom. The van der Waals surface area contributed by atoms with Crippen molar-refractivity contribution in [1.82, 2.24) is 15.5 Å². The number of amides is 2. The van der Waals surface area contributed by atoms with Crippen LogP contribution in [0.3, 0.4) is 0 Å². The summed E-state index contributed by atoms with van der Waals surface area (Å²) in [5.41, 5.74) is 0.504. The first-order valence-corrected chi connectivity index (χ1v) is 9.18. The van der Waals surface area contributed by atoms with E-state index in [1.165, 1.54) is 24.3 Å². The highest BCUT2D eigenvalue weighted by molar-refractivity contribution is 7.93. The molecule has 8 nitrogen and oxygen atoms in total. The maximum atomic E-state index is 12.2. The van der Waals surface area contributed by atoms with Gasteiger partial charge in [0.05, 0.1) is 4.90 Å². The molecule has 0 radical (unpaired) electrons. The highest BCUT2D eigenvalue weighted by Gasteiger charge is 2.16. The number of carbonyl (C=O) groups excluding carboxylic acids is 1. The van der Waals surface area contributed by atoms with Crippen LogP contribution in [0.4, 0.5) is 15.6 Å². The monoisotopic (exact) mass is 355 g/mol. The van der Waals surface area contributed by atoms with Gasteiger partial charge in [-0.25, -0.2) is 13.2 Å². The number of nitrogens with one attached hydrogen (secondary N) is 3. The average molecular weight is 355 g/mol. The van der Waals surface area contributed by atoms with Gasteiger partial charge < -0.3 is 10.6 Å². The number of sulfonamides is 1. The molecular weight excluding hydrogens is 338 g/mol. The Bertz CT molecular complexity index is 771. The van der Waals surface area contributed by atoms with E-state index < -0.39 is 10.0 Å². The summed E-state index contributed by atoms with van der Waals surface area (Å²) in [5, 5.41) is 13.6. The van der Waals surface area contributed by atoms with Crippen LogP contribution in [-0.4, -0.2) is 31.2 Å². The number of rotatable bonds is 6. The molecule has 2 rings (SSSR count). The lowest BCUT2D eigenvalue weighted by Gasteiger charge is -2.08. The Balaban J connectivity index is 2.04. The van der Waals surface area contributed by atoms with Crippen molar-refractivity contribution in [2.45, 2.75) is 25.2 Å². The zero-order chi connectivity index (χ0) is 16.9. The van der Waals surface area contributed by atoms with Crippen LogP contribution in [0.1, 0.15) is 18.4 Å². The fourth-order valence-corrected chi connectivity index (χ4v) is 3.46. The zero-order valence-electron chi connectivity index (χ0n) is 12.7. The smallest absolute Gasteiger partial charge is 0.319 e. The molecule has 0 aliphatic rings. The van der Waals surface area contributed by atoms with Crippen LogP contribution < -0.4 is 15.4 Å². The second kappa shape index (κ2) is 7.38. The van der Waals surface area contributed by atoms with E-state index in [0.717, 1.165) is 17.8 Å². The SMILES string of the molecule is CCCNC(=O)Nc1ccc(S(=O)(=O)Nc2nnc(C)s2)cc1. The van der Waals surface area contributed by atoms with E-state index in [2.05, 4.69) is 25.6 Å². The molecule has 0 aliphatic carbocycles. The molecule has 2 aromatic rings. The van der Waals surface area contributed by atoms with Gasteiger partial charge in [-0.05, 0) is 37.6 Å². The zero-order valence-corrected chi connectivity index (χ0v) is 14.3. The third kappa shape index (κ3) is 4.89. The number of carbonyl (C=O) groups is 1. The topological polar surface area (TPSA) is 113 Å². The van der Waals surface area contributed by atoms with Crippen molar-refractivity contribution >= 4 is 38.2 Å². The Hall–Kier alpha value is -2.20. The predicted molar refractivity (Wildman–Crippen MR) is 89.2 cm³/mol. The Morgan fingerprint density at radius 2 is 1.91 bits per heavy atom. The van der Waals surface area contributed by atoms with E-state index in [9.17, 15) is 13.2 Å². The lowest BCUT2D eigenvalue weighted by molar-refractivity contribution is 0.252.